The van der Waals surface area contributed by atoms with E-state index in [2.05, 4.69) is 20.8 Å². The Hall–Kier alpha value is -2.63. The van der Waals surface area contributed by atoms with Crippen LogP contribution in [0, 0.1) is 0 Å². The number of hydrogen-bond donors (Lipinski definition) is 2. The van der Waals surface area contributed by atoms with Gasteiger partial charge < -0.3 is 20.1 Å². The van der Waals surface area contributed by atoms with Crippen molar-refractivity contribution in [1.82, 2.24) is 10.2 Å². The van der Waals surface area contributed by atoms with Gasteiger partial charge in [-0.3, -0.25) is 9.59 Å². The van der Waals surface area contributed by atoms with Gasteiger partial charge in [-0.15, -0.1) is 21.5 Å². The molecule has 1 aromatic carbocycles. The van der Waals surface area contributed by atoms with Crippen LogP contribution in [0.25, 0.3) is 0 Å². The van der Waals surface area contributed by atoms with Gasteiger partial charge in [-0.1, -0.05) is 29.2 Å². The van der Waals surface area contributed by atoms with Gasteiger partial charge in [-0.05, 0) is 23.6 Å². The summed E-state index contributed by atoms with van der Waals surface area (Å²) in [6.45, 7) is 0. The van der Waals surface area contributed by atoms with Crippen molar-refractivity contribution in [2.24, 2.45) is 0 Å². The number of anilines is 2. The quantitative estimate of drug-likeness (QED) is 0.380. The van der Waals surface area contributed by atoms with Crippen molar-refractivity contribution in [3.8, 4) is 11.5 Å². The first kappa shape index (κ1) is 21.1. The summed E-state index contributed by atoms with van der Waals surface area (Å²) in [5.41, 5.74) is 0.524. The van der Waals surface area contributed by atoms with E-state index in [0.717, 1.165) is 4.88 Å². The number of aromatic nitrogens is 2. The average Bonchev–Trinajstić information content (AvgIpc) is 3.38. The minimum Gasteiger partial charge on any atom is -0.497 e. The number of hydrogen-bond acceptors (Lipinski definition) is 9. The number of amides is 2. The predicted molar refractivity (Wildman–Crippen MR) is 115 cm³/mol. The van der Waals surface area contributed by atoms with E-state index < -0.39 is 0 Å². The highest BCUT2D eigenvalue weighted by Crippen LogP contribution is 2.30. The SMILES string of the molecule is COc1ccc(OC)c(NC(=O)CSc2nnc(NC(=O)Cc3cccs3)s2)c1. The molecule has 2 aromatic heterocycles. The van der Waals surface area contributed by atoms with Gasteiger partial charge in [-0.25, -0.2) is 0 Å². The van der Waals surface area contributed by atoms with Crippen LogP contribution in [0.2, 0.25) is 0 Å². The number of rotatable bonds is 9. The van der Waals surface area contributed by atoms with Gasteiger partial charge in [0.15, 0.2) is 4.34 Å². The van der Waals surface area contributed by atoms with Crippen LogP contribution in [0.1, 0.15) is 4.88 Å². The lowest BCUT2D eigenvalue weighted by Crippen LogP contribution is -2.14. The van der Waals surface area contributed by atoms with Crippen LogP contribution in [0.5, 0.6) is 11.5 Å². The highest BCUT2D eigenvalue weighted by atomic mass is 32.2. The molecule has 0 bridgehead atoms. The molecule has 0 radical (unpaired) electrons. The fourth-order valence-corrected chi connectivity index (χ4v) is 4.55. The summed E-state index contributed by atoms with van der Waals surface area (Å²) < 4.78 is 11.0. The fraction of sp³-hybridized carbons (Fsp3) is 0.222. The lowest BCUT2D eigenvalue weighted by Gasteiger charge is -2.11. The van der Waals surface area contributed by atoms with Gasteiger partial charge in [0.1, 0.15) is 11.5 Å². The van der Waals surface area contributed by atoms with Crippen molar-refractivity contribution in [2.45, 2.75) is 10.8 Å². The number of carbonyl (C=O) groups excluding carboxylic acids is 2. The minimum absolute atomic E-state index is 0.137. The lowest BCUT2D eigenvalue weighted by molar-refractivity contribution is -0.115. The largest absolute Gasteiger partial charge is 0.497 e. The Morgan fingerprint density at radius 2 is 1.97 bits per heavy atom. The van der Waals surface area contributed by atoms with Crippen molar-refractivity contribution < 1.29 is 19.1 Å². The number of thioether (sulfide) groups is 1. The molecular weight excluding hydrogens is 432 g/mol. The molecular formula is C18H18N4O4S3. The number of benzene rings is 1. The monoisotopic (exact) mass is 450 g/mol. The van der Waals surface area contributed by atoms with Crippen molar-refractivity contribution in [1.29, 1.82) is 0 Å². The first-order valence-electron chi connectivity index (χ1n) is 8.38. The summed E-state index contributed by atoms with van der Waals surface area (Å²) in [5.74, 6) is 0.915. The molecule has 29 heavy (non-hydrogen) atoms. The van der Waals surface area contributed by atoms with E-state index in [4.69, 9.17) is 9.47 Å². The van der Waals surface area contributed by atoms with Gasteiger partial charge in [0.05, 0.1) is 32.1 Å². The van der Waals surface area contributed by atoms with Crippen LogP contribution in [0.4, 0.5) is 10.8 Å². The number of methoxy groups -OCH3 is 2. The van der Waals surface area contributed by atoms with E-state index in [1.54, 1.807) is 25.3 Å². The van der Waals surface area contributed by atoms with Crippen molar-refractivity contribution >= 4 is 57.1 Å². The number of carbonyl (C=O) groups is 2. The molecule has 0 fully saturated rings. The van der Waals surface area contributed by atoms with E-state index in [-0.39, 0.29) is 17.6 Å². The summed E-state index contributed by atoms with van der Waals surface area (Å²) in [7, 11) is 3.08. The van der Waals surface area contributed by atoms with Crippen molar-refractivity contribution in [2.75, 3.05) is 30.6 Å². The molecule has 0 saturated carbocycles. The highest BCUT2D eigenvalue weighted by Gasteiger charge is 2.13. The number of thiophene rings is 1. The van der Waals surface area contributed by atoms with E-state index >= 15 is 0 Å². The molecule has 2 N–H and O–H groups in total. The molecule has 2 heterocycles. The first-order valence-corrected chi connectivity index (χ1v) is 11.1. The van der Waals surface area contributed by atoms with Crippen LogP contribution in [-0.4, -0.2) is 42.0 Å². The minimum atomic E-state index is -0.222. The molecule has 0 aliphatic rings. The number of nitrogens with one attached hydrogen (secondary N) is 2. The zero-order chi connectivity index (χ0) is 20.6. The smallest absolute Gasteiger partial charge is 0.234 e. The molecule has 3 rings (SSSR count). The highest BCUT2D eigenvalue weighted by molar-refractivity contribution is 8.01. The predicted octanol–water partition coefficient (Wildman–Crippen LogP) is 3.53. The Morgan fingerprint density at radius 1 is 1.10 bits per heavy atom. The van der Waals surface area contributed by atoms with Gasteiger partial charge >= 0.3 is 0 Å². The Morgan fingerprint density at radius 3 is 2.69 bits per heavy atom. The summed E-state index contributed by atoms with van der Waals surface area (Å²) in [6.07, 6.45) is 0.296. The van der Waals surface area contributed by atoms with Crippen LogP contribution < -0.4 is 20.1 Å². The van der Waals surface area contributed by atoms with E-state index in [1.165, 1.54) is 41.5 Å². The maximum Gasteiger partial charge on any atom is 0.234 e. The Balaban J connectivity index is 1.50. The Bertz CT molecular complexity index is 975. The average molecular weight is 451 g/mol. The zero-order valence-electron chi connectivity index (χ0n) is 15.6. The third kappa shape index (κ3) is 6.17. The van der Waals surface area contributed by atoms with Gasteiger partial charge in [-0.2, -0.15) is 0 Å². The molecule has 11 heteroatoms. The zero-order valence-corrected chi connectivity index (χ0v) is 18.1. The van der Waals surface area contributed by atoms with Crippen molar-refractivity contribution in [3.05, 3.63) is 40.6 Å². The van der Waals surface area contributed by atoms with Gasteiger partial charge in [0.25, 0.3) is 0 Å². The van der Waals surface area contributed by atoms with E-state index in [1.807, 2.05) is 17.5 Å². The molecule has 0 saturated heterocycles. The molecule has 0 aliphatic heterocycles. The molecule has 3 aromatic rings. The van der Waals surface area contributed by atoms with Crippen LogP contribution >= 0.6 is 34.4 Å². The van der Waals surface area contributed by atoms with Crippen LogP contribution in [0.3, 0.4) is 0 Å². The molecule has 0 atom stereocenters. The van der Waals surface area contributed by atoms with Gasteiger partial charge in [0.2, 0.25) is 16.9 Å². The second kappa shape index (κ2) is 10.2. The van der Waals surface area contributed by atoms with Crippen molar-refractivity contribution in [3.63, 3.8) is 0 Å². The lowest BCUT2D eigenvalue weighted by atomic mass is 10.2. The topological polar surface area (TPSA) is 102 Å². The van der Waals surface area contributed by atoms with E-state index in [0.29, 0.717) is 33.1 Å². The number of nitrogens with zero attached hydrogens (tertiary/aromatic N) is 2. The first-order chi connectivity index (χ1) is 14.1. The summed E-state index contributed by atoms with van der Waals surface area (Å²) >= 11 is 3.98. The van der Waals surface area contributed by atoms with Crippen LogP contribution in [0.15, 0.2) is 40.1 Å². The third-order valence-electron chi connectivity index (χ3n) is 3.58. The summed E-state index contributed by atoms with van der Waals surface area (Å²) in [4.78, 5) is 25.3. The molecule has 0 unspecified atom stereocenters. The maximum absolute atomic E-state index is 12.3. The normalized spacial score (nSPS) is 10.4. The fourth-order valence-electron chi connectivity index (χ4n) is 2.28. The summed E-state index contributed by atoms with van der Waals surface area (Å²) in [6, 6.07) is 8.96. The van der Waals surface area contributed by atoms with Crippen LogP contribution in [-0.2, 0) is 16.0 Å². The Labute approximate surface area is 179 Å². The number of ether oxygens (including phenoxy) is 2. The second-order valence-corrected chi connectivity index (χ2v) is 8.81. The second-order valence-electron chi connectivity index (χ2n) is 5.58. The standard InChI is InChI=1S/C18H18N4O4S3/c1-25-11-5-6-14(26-2)13(8-11)19-16(24)10-28-18-22-21-17(29-18)20-15(23)9-12-4-3-7-27-12/h3-8H,9-10H2,1-2H3,(H,19,24)(H,20,21,23). The maximum atomic E-state index is 12.3. The van der Waals surface area contributed by atoms with Gasteiger partial charge in [0, 0.05) is 10.9 Å². The molecule has 152 valence electrons. The molecule has 8 nitrogen and oxygen atoms in total. The summed E-state index contributed by atoms with van der Waals surface area (Å²) in [5, 5.41) is 15.8. The van der Waals surface area contributed by atoms with E-state index in [9.17, 15) is 9.59 Å². The molecule has 2 amide bonds. The molecule has 0 spiro atoms. The molecule has 0 aliphatic carbocycles. The third-order valence-corrected chi connectivity index (χ3v) is 6.42. The Kier molecular flexibility index (Phi) is 7.44.